The van der Waals surface area contributed by atoms with Gasteiger partial charge in [0.05, 0.1) is 18.5 Å². The van der Waals surface area contributed by atoms with E-state index in [4.69, 9.17) is 0 Å². The number of aliphatic hydroxyl groups is 1. The van der Waals surface area contributed by atoms with E-state index in [0.29, 0.717) is 11.4 Å². The topological polar surface area (TPSA) is 50.9 Å². The van der Waals surface area contributed by atoms with Crippen LogP contribution in [-0.4, -0.2) is 19.9 Å². The van der Waals surface area contributed by atoms with Crippen molar-refractivity contribution in [3.05, 3.63) is 40.6 Å². The Morgan fingerprint density at radius 1 is 1.35 bits per heavy atom. The summed E-state index contributed by atoms with van der Waals surface area (Å²) in [4.78, 5) is 4.00. The summed E-state index contributed by atoms with van der Waals surface area (Å²) in [7, 11) is 0. The number of aliphatic hydroxyl groups excluding tert-OH is 1. The molecule has 0 saturated carbocycles. The molecule has 0 amide bonds. The van der Waals surface area contributed by atoms with Gasteiger partial charge in [0, 0.05) is 11.3 Å². The average molecular weight is 235 g/mol. The highest BCUT2D eigenvalue weighted by Crippen LogP contribution is 2.18. The van der Waals surface area contributed by atoms with Crippen molar-refractivity contribution < 1.29 is 9.50 Å². The molecule has 0 aliphatic rings. The number of hydrogen-bond acceptors (Lipinski definition) is 3. The van der Waals surface area contributed by atoms with Gasteiger partial charge < -0.3 is 5.11 Å². The van der Waals surface area contributed by atoms with Crippen molar-refractivity contribution in [3.8, 4) is 5.82 Å². The molecule has 0 fully saturated rings. The minimum absolute atomic E-state index is 0.266. The lowest BCUT2D eigenvalue weighted by molar-refractivity contribution is 0.280. The molecule has 90 valence electrons. The second kappa shape index (κ2) is 4.25. The van der Waals surface area contributed by atoms with E-state index in [2.05, 4.69) is 10.1 Å². The van der Waals surface area contributed by atoms with E-state index in [1.54, 1.807) is 4.68 Å². The Labute approximate surface area is 98.7 Å². The molecule has 17 heavy (non-hydrogen) atoms. The van der Waals surface area contributed by atoms with E-state index in [1.165, 1.54) is 6.07 Å². The summed E-state index contributed by atoms with van der Waals surface area (Å²) in [6, 6.07) is 1.27. The molecule has 0 unspecified atom stereocenters. The zero-order valence-electron chi connectivity index (χ0n) is 10.0. The lowest BCUT2D eigenvalue weighted by Crippen LogP contribution is -2.07. The van der Waals surface area contributed by atoms with E-state index >= 15 is 0 Å². The van der Waals surface area contributed by atoms with Crippen LogP contribution in [0, 0.1) is 26.6 Å². The second-order valence-electron chi connectivity index (χ2n) is 4.00. The summed E-state index contributed by atoms with van der Waals surface area (Å²) in [5.41, 5.74) is 3.34. The van der Waals surface area contributed by atoms with Crippen LogP contribution in [0.2, 0.25) is 0 Å². The maximum Gasteiger partial charge on any atom is 0.159 e. The Morgan fingerprint density at radius 3 is 2.59 bits per heavy atom. The van der Waals surface area contributed by atoms with E-state index in [-0.39, 0.29) is 6.61 Å². The molecule has 0 aromatic carbocycles. The first-order valence-corrected chi connectivity index (χ1v) is 5.33. The third kappa shape index (κ3) is 1.93. The fourth-order valence-electron chi connectivity index (χ4n) is 1.71. The van der Waals surface area contributed by atoms with Gasteiger partial charge in [0.1, 0.15) is 5.82 Å². The van der Waals surface area contributed by atoms with Crippen LogP contribution in [0.25, 0.3) is 5.82 Å². The molecule has 0 bridgehead atoms. The van der Waals surface area contributed by atoms with Crippen LogP contribution in [0.1, 0.15) is 22.5 Å². The summed E-state index contributed by atoms with van der Waals surface area (Å²) >= 11 is 0. The highest BCUT2D eigenvalue weighted by Gasteiger charge is 2.13. The van der Waals surface area contributed by atoms with Crippen LogP contribution in [0.15, 0.2) is 12.3 Å². The van der Waals surface area contributed by atoms with Gasteiger partial charge in [-0.1, -0.05) is 0 Å². The van der Waals surface area contributed by atoms with Gasteiger partial charge in [-0.2, -0.15) is 5.10 Å². The second-order valence-corrected chi connectivity index (χ2v) is 4.00. The summed E-state index contributed by atoms with van der Waals surface area (Å²) in [6.45, 7) is 5.52. The Hall–Kier alpha value is -1.75. The van der Waals surface area contributed by atoms with Gasteiger partial charge in [0.2, 0.25) is 0 Å². The molecule has 0 radical (unpaired) electrons. The average Bonchev–Trinajstić information content (AvgIpc) is 2.57. The van der Waals surface area contributed by atoms with Crippen molar-refractivity contribution in [2.45, 2.75) is 27.4 Å². The van der Waals surface area contributed by atoms with E-state index < -0.39 is 5.82 Å². The summed E-state index contributed by atoms with van der Waals surface area (Å²) < 4.78 is 14.7. The molecular formula is C12H14FN3O. The number of nitrogens with zero attached hydrogens (tertiary/aromatic N) is 3. The predicted molar refractivity (Wildman–Crippen MR) is 61.5 cm³/mol. The van der Waals surface area contributed by atoms with Crippen molar-refractivity contribution in [2.24, 2.45) is 0 Å². The first kappa shape index (κ1) is 11.7. The maximum atomic E-state index is 13.0. The van der Waals surface area contributed by atoms with Gasteiger partial charge in [0.25, 0.3) is 0 Å². The van der Waals surface area contributed by atoms with E-state index in [0.717, 1.165) is 23.1 Å². The molecule has 0 aliphatic heterocycles. The summed E-state index contributed by atoms with van der Waals surface area (Å²) in [5, 5.41) is 13.6. The van der Waals surface area contributed by atoms with E-state index in [1.807, 2.05) is 20.8 Å². The Morgan fingerprint density at radius 2 is 2.06 bits per heavy atom. The van der Waals surface area contributed by atoms with Crippen molar-refractivity contribution >= 4 is 0 Å². The molecule has 0 aliphatic carbocycles. The highest BCUT2D eigenvalue weighted by molar-refractivity contribution is 5.37. The fraction of sp³-hybridized carbons (Fsp3) is 0.333. The normalized spacial score (nSPS) is 10.9. The molecule has 0 spiro atoms. The monoisotopic (exact) mass is 235 g/mol. The quantitative estimate of drug-likeness (QED) is 0.863. The Kier molecular flexibility index (Phi) is 2.93. The van der Waals surface area contributed by atoms with Crippen LogP contribution in [0.5, 0.6) is 0 Å². The zero-order valence-corrected chi connectivity index (χ0v) is 10.0. The Bertz CT molecular complexity index is 563. The molecular weight excluding hydrogens is 221 g/mol. The summed E-state index contributed by atoms with van der Waals surface area (Å²) in [6.07, 6.45) is 1.13. The van der Waals surface area contributed by atoms with Gasteiger partial charge in [-0.25, -0.2) is 14.1 Å². The lowest BCUT2D eigenvalue weighted by Gasteiger charge is -2.08. The smallest absolute Gasteiger partial charge is 0.159 e. The van der Waals surface area contributed by atoms with Crippen LogP contribution in [0.3, 0.4) is 0 Å². The molecule has 2 heterocycles. The van der Waals surface area contributed by atoms with Gasteiger partial charge in [-0.15, -0.1) is 0 Å². The minimum Gasteiger partial charge on any atom is -0.392 e. The number of halogens is 1. The first-order chi connectivity index (χ1) is 8.04. The summed E-state index contributed by atoms with van der Waals surface area (Å²) in [5.74, 6) is 0.0126. The van der Waals surface area contributed by atoms with Crippen molar-refractivity contribution in [2.75, 3.05) is 0 Å². The van der Waals surface area contributed by atoms with Crippen molar-refractivity contribution in [1.82, 2.24) is 14.8 Å². The van der Waals surface area contributed by atoms with Crippen LogP contribution in [-0.2, 0) is 6.61 Å². The number of rotatable bonds is 2. The number of aryl methyl sites for hydroxylation is 1. The van der Waals surface area contributed by atoms with Crippen LogP contribution >= 0.6 is 0 Å². The predicted octanol–water partition coefficient (Wildman–Crippen LogP) is 1.82. The van der Waals surface area contributed by atoms with Crippen molar-refractivity contribution in [3.63, 3.8) is 0 Å². The third-order valence-electron chi connectivity index (χ3n) is 2.93. The molecule has 2 aromatic rings. The lowest BCUT2D eigenvalue weighted by atomic mass is 10.2. The van der Waals surface area contributed by atoms with Gasteiger partial charge in [0.15, 0.2) is 5.82 Å². The zero-order chi connectivity index (χ0) is 12.6. The molecule has 2 aromatic heterocycles. The molecule has 2 rings (SSSR count). The van der Waals surface area contributed by atoms with Gasteiger partial charge >= 0.3 is 0 Å². The van der Waals surface area contributed by atoms with Crippen LogP contribution < -0.4 is 0 Å². The highest BCUT2D eigenvalue weighted by atomic mass is 19.1. The SMILES string of the molecule is Cc1nn(-c2ncc(F)cc2CO)c(C)c1C. The molecule has 1 N–H and O–H groups in total. The molecule has 4 nitrogen and oxygen atoms in total. The van der Waals surface area contributed by atoms with Crippen LogP contribution in [0.4, 0.5) is 4.39 Å². The van der Waals surface area contributed by atoms with Crippen molar-refractivity contribution in [1.29, 1.82) is 0 Å². The first-order valence-electron chi connectivity index (χ1n) is 5.33. The van der Waals surface area contributed by atoms with Gasteiger partial charge in [-0.3, -0.25) is 0 Å². The van der Waals surface area contributed by atoms with Gasteiger partial charge in [-0.05, 0) is 32.4 Å². The molecule has 0 saturated heterocycles. The number of pyridine rings is 1. The minimum atomic E-state index is -0.462. The molecule has 5 heteroatoms. The molecule has 0 atom stereocenters. The number of hydrogen-bond donors (Lipinski definition) is 1. The van der Waals surface area contributed by atoms with E-state index in [9.17, 15) is 9.50 Å². The standard InChI is InChI=1S/C12H14FN3O/c1-7-8(2)15-16(9(7)3)12-10(6-17)4-11(13)5-14-12/h4-5,17H,6H2,1-3H3. The number of aromatic nitrogens is 3. The maximum absolute atomic E-state index is 13.0. The largest absolute Gasteiger partial charge is 0.392 e. The Balaban J connectivity index is 2.64. The third-order valence-corrected chi connectivity index (χ3v) is 2.93. The fourth-order valence-corrected chi connectivity index (χ4v) is 1.71.